The van der Waals surface area contributed by atoms with E-state index in [9.17, 15) is 13.2 Å². The van der Waals surface area contributed by atoms with Crippen LogP contribution in [0.1, 0.15) is 39.5 Å². The van der Waals surface area contributed by atoms with Crippen LogP contribution in [0.25, 0.3) is 0 Å². The number of fused-ring (bicyclic) bond motifs is 3. The SMILES string of the molecule is COC(=O)c1ccc2c(c1)[C@H]1[C@H](CCN1Cc1ccccc1)CN2S(=O)(=O)c1ccc(C)cc1. The van der Waals surface area contributed by atoms with Crippen molar-refractivity contribution in [2.24, 2.45) is 5.92 Å². The molecule has 2 heterocycles. The number of benzene rings is 3. The molecule has 5 rings (SSSR count). The molecular formula is C27H28N2O4S. The van der Waals surface area contributed by atoms with Crippen molar-refractivity contribution < 1.29 is 17.9 Å². The standard InChI is InChI=1S/C27H28N2O4S/c1-19-8-11-23(12-9-19)34(31,32)29-18-22-14-15-28(17-20-6-4-3-5-7-20)26(22)24-16-21(27(30)33-2)10-13-25(24)29/h3-13,16,22,26H,14-15,17-18H2,1-2H3/t22-,26-/m1/s1. The molecular weight excluding hydrogens is 448 g/mol. The molecule has 176 valence electrons. The van der Waals surface area contributed by atoms with Gasteiger partial charge < -0.3 is 4.74 Å². The highest BCUT2D eigenvalue weighted by molar-refractivity contribution is 7.92. The van der Waals surface area contributed by atoms with E-state index in [1.165, 1.54) is 17.0 Å². The topological polar surface area (TPSA) is 66.9 Å². The summed E-state index contributed by atoms with van der Waals surface area (Å²) in [6.07, 6.45) is 0.888. The molecule has 0 unspecified atom stereocenters. The van der Waals surface area contributed by atoms with E-state index in [1.54, 1.807) is 24.3 Å². The lowest BCUT2D eigenvalue weighted by molar-refractivity contribution is 0.0600. The Morgan fingerprint density at radius 1 is 1.03 bits per heavy atom. The van der Waals surface area contributed by atoms with E-state index in [1.807, 2.05) is 43.3 Å². The van der Waals surface area contributed by atoms with Gasteiger partial charge in [0.05, 0.1) is 23.3 Å². The van der Waals surface area contributed by atoms with Gasteiger partial charge in [0.2, 0.25) is 0 Å². The first-order valence-corrected chi connectivity index (χ1v) is 12.9. The zero-order valence-electron chi connectivity index (χ0n) is 19.3. The highest BCUT2D eigenvalue weighted by atomic mass is 32.2. The third kappa shape index (κ3) is 3.99. The second-order valence-electron chi connectivity index (χ2n) is 9.06. The minimum absolute atomic E-state index is 0.0317. The van der Waals surface area contributed by atoms with Gasteiger partial charge in [-0.3, -0.25) is 9.21 Å². The summed E-state index contributed by atoms with van der Waals surface area (Å²) in [5.74, 6) is -0.296. The van der Waals surface area contributed by atoms with Gasteiger partial charge in [-0.05, 0) is 67.3 Å². The monoisotopic (exact) mass is 476 g/mol. The molecule has 1 fully saturated rings. The molecule has 0 amide bonds. The zero-order chi connectivity index (χ0) is 23.9. The van der Waals surface area contributed by atoms with Crippen molar-refractivity contribution in [2.45, 2.75) is 30.8 Å². The number of esters is 1. The predicted octanol–water partition coefficient (Wildman–Crippen LogP) is 4.55. The number of sulfonamides is 1. The van der Waals surface area contributed by atoms with Gasteiger partial charge in [-0.25, -0.2) is 13.2 Å². The predicted molar refractivity (Wildman–Crippen MR) is 131 cm³/mol. The Hall–Kier alpha value is -3.16. The fourth-order valence-corrected chi connectivity index (χ4v) is 6.75. The van der Waals surface area contributed by atoms with Gasteiger partial charge in [-0.2, -0.15) is 0 Å². The van der Waals surface area contributed by atoms with Crippen molar-refractivity contribution in [3.05, 3.63) is 95.1 Å². The number of hydrogen-bond donors (Lipinski definition) is 0. The summed E-state index contributed by atoms with van der Waals surface area (Å²) in [5, 5.41) is 0. The number of anilines is 1. The highest BCUT2D eigenvalue weighted by Gasteiger charge is 2.44. The number of aryl methyl sites for hydroxylation is 1. The molecule has 0 N–H and O–H groups in total. The first kappa shape index (κ1) is 22.6. The summed E-state index contributed by atoms with van der Waals surface area (Å²) in [6.45, 7) is 3.99. The fraction of sp³-hybridized carbons (Fsp3) is 0.296. The van der Waals surface area contributed by atoms with E-state index < -0.39 is 16.0 Å². The lowest BCUT2D eigenvalue weighted by Gasteiger charge is -2.40. The smallest absolute Gasteiger partial charge is 0.337 e. The maximum absolute atomic E-state index is 13.7. The molecule has 7 heteroatoms. The molecule has 0 saturated carbocycles. The van der Waals surface area contributed by atoms with Gasteiger partial charge in [0.1, 0.15) is 0 Å². The Morgan fingerprint density at radius 2 is 1.76 bits per heavy atom. The number of carbonyl (C=O) groups excluding carboxylic acids is 1. The molecule has 1 saturated heterocycles. The molecule has 0 aliphatic carbocycles. The van der Waals surface area contributed by atoms with Crippen LogP contribution in [0.2, 0.25) is 0 Å². The minimum atomic E-state index is -3.75. The fourth-order valence-electron chi connectivity index (χ4n) is 5.20. The van der Waals surface area contributed by atoms with Crippen LogP contribution >= 0.6 is 0 Å². The Bertz CT molecular complexity index is 1310. The van der Waals surface area contributed by atoms with E-state index >= 15 is 0 Å². The molecule has 0 spiro atoms. The largest absolute Gasteiger partial charge is 0.465 e. The van der Waals surface area contributed by atoms with Crippen LogP contribution < -0.4 is 4.31 Å². The van der Waals surface area contributed by atoms with Gasteiger partial charge >= 0.3 is 5.97 Å². The van der Waals surface area contributed by atoms with Crippen LogP contribution in [0.4, 0.5) is 5.69 Å². The Morgan fingerprint density at radius 3 is 2.47 bits per heavy atom. The van der Waals surface area contributed by atoms with E-state index in [2.05, 4.69) is 17.0 Å². The molecule has 6 nitrogen and oxygen atoms in total. The van der Waals surface area contributed by atoms with Crippen LogP contribution in [0.15, 0.2) is 77.7 Å². The van der Waals surface area contributed by atoms with Gasteiger partial charge in [0.15, 0.2) is 0 Å². The summed E-state index contributed by atoms with van der Waals surface area (Å²) in [5.41, 5.74) is 4.15. The number of carbonyl (C=O) groups is 1. The molecule has 3 aromatic carbocycles. The molecule has 3 aromatic rings. The van der Waals surface area contributed by atoms with Crippen LogP contribution in [-0.2, 0) is 21.3 Å². The summed E-state index contributed by atoms with van der Waals surface area (Å²) in [6, 6.07) is 22.5. The van der Waals surface area contributed by atoms with Crippen molar-refractivity contribution >= 4 is 21.7 Å². The Kier molecular flexibility index (Phi) is 5.91. The number of nitrogens with zero attached hydrogens (tertiary/aromatic N) is 2. The normalized spacial score (nSPS) is 20.0. The van der Waals surface area contributed by atoms with Crippen LogP contribution in [0.3, 0.4) is 0 Å². The average molecular weight is 477 g/mol. The molecule has 2 aliphatic rings. The lowest BCUT2D eigenvalue weighted by Crippen LogP contribution is -2.42. The lowest BCUT2D eigenvalue weighted by atomic mass is 9.88. The second-order valence-corrected chi connectivity index (χ2v) is 10.9. The molecule has 0 radical (unpaired) electrons. The van der Waals surface area contributed by atoms with Gasteiger partial charge in [-0.15, -0.1) is 0 Å². The van der Waals surface area contributed by atoms with E-state index in [-0.39, 0.29) is 16.9 Å². The molecule has 0 aromatic heterocycles. The minimum Gasteiger partial charge on any atom is -0.465 e. The maximum Gasteiger partial charge on any atom is 0.337 e. The maximum atomic E-state index is 13.7. The number of ether oxygens (including phenoxy) is 1. The molecule has 0 bridgehead atoms. The molecule has 34 heavy (non-hydrogen) atoms. The van der Waals surface area contributed by atoms with Crippen molar-refractivity contribution in [3.63, 3.8) is 0 Å². The number of rotatable bonds is 5. The molecule has 2 atom stereocenters. The van der Waals surface area contributed by atoms with Gasteiger partial charge in [0, 0.05) is 19.1 Å². The van der Waals surface area contributed by atoms with E-state index in [4.69, 9.17) is 4.74 Å². The quantitative estimate of drug-likeness (QED) is 0.506. The Balaban J connectivity index is 1.59. The van der Waals surface area contributed by atoms with Crippen molar-refractivity contribution in [3.8, 4) is 0 Å². The van der Waals surface area contributed by atoms with Gasteiger partial charge in [0.25, 0.3) is 10.0 Å². The van der Waals surface area contributed by atoms with Crippen molar-refractivity contribution in [2.75, 3.05) is 24.5 Å². The summed E-state index contributed by atoms with van der Waals surface area (Å²) in [7, 11) is -2.39. The van der Waals surface area contributed by atoms with Gasteiger partial charge in [-0.1, -0.05) is 48.0 Å². The first-order valence-electron chi connectivity index (χ1n) is 11.5. The van der Waals surface area contributed by atoms with Crippen LogP contribution in [-0.4, -0.2) is 39.5 Å². The van der Waals surface area contributed by atoms with Crippen molar-refractivity contribution in [1.82, 2.24) is 4.90 Å². The first-order chi connectivity index (χ1) is 16.4. The summed E-state index contributed by atoms with van der Waals surface area (Å²) >= 11 is 0. The average Bonchev–Trinajstić information content (AvgIpc) is 3.26. The second kappa shape index (κ2) is 8.89. The van der Waals surface area contributed by atoms with E-state index in [0.717, 1.165) is 30.6 Å². The molecule has 2 aliphatic heterocycles. The third-order valence-electron chi connectivity index (χ3n) is 6.90. The highest BCUT2D eigenvalue weighted by Crippen LogP contribution is 2.48. The van der Waals surface area contributed by atoms with E-state index in [0.29, 0.717) is 17.8 Å². The summed E-state index contributed by atoms with van der Waals surface area (Å²) < 4.78 is 33.9. The third-order valence-corrected chi connectivity index (χ3v) is 8.69. The van der Waals surface area contributed by atoms with Crippen LogP contribution in [0, 0.1) is 12.8 Å². The Labute approximate surface area is 200 Å². The number of hydrogen-bond acceptors (Lipinski definition) is 5. The zero-order valence-corrected chi connectivity index (χ0v) is 20.2. The number of methoxy groups -OCH3 is 1. The number of likely N-dealkylation sites (tertiary alicyclic amines) is 1. The van der Waals surface area contributed by atoms with Crippen molar-refractivity contribution in [1.29, 1.82) is 0 Å². The summed E-state index contributed by atoms with van der Waals surface area (Å²) in [4.78, 5) is 15.0. The van der Waals surface area contributed by atoms with Crippen LogP contribution in [0.5, 0.6) is 0 Å².